The van der Waals surface area contributed by atoms with Gasteiger partial charge in [-0.25, -0.2) is 9.78 Å². The van der Waals surface area contributed by atoms with Crippen molar-refractivity contribution in [1.82, 2.24) is 14.8 Å². The number of hydrogen-bond acceptors (Lipinski definition) is 5. The number of nitrogen functional groups attached to an aromatic ring is 1. The molecule has 0 aliphatic heterocycles. The maximum absolute atomic E-state index is 12.4. The molecule has 0 radical (unpaired) electrons. The lowest BCUT2D eigenvalue weighted by Crippen LogP contribution is -2.48. The number of aromatic nitrogens is 3. The van der Waals surface area contributed by atoms with Gasteiger partial charge < -0.3 is 10.5 Å². The number of pyridine rings is 1. The molecule has 2 heterocycles. The van der Waals surface area contributed by atoms with Crippen LogP contribution in [0, 0.1) is 30.1 Å². The predicted octanol–water partition coefficient (Wildman–Crippen LogP) is 4.23. The van der Waals surface area contributed by atoms with Gasteiger partial charge in [-0.3, -0.25) is 4.68 Å². The normalized spacial score (nSPS) is 29.9. The topological polar surface area (TPSA) is 83.0 Å². The smallest absolute Gasteiger partial charge is 0.357 e. The van der Waals surface area contributed by atoms with Crippen LogP contribution in [0.3, 0.4) is 0 Å². The molecule has 4 aliphatic carbocycles. The first-order chi connectivity index (χ1) is 14.0. The molecule has 0 aromatic carbocycles. The first-order valence-electron chi connectivity index (χ1n) is 10.9. The minimum absolute atomic E-state index is 0.268. The van der Waals surface area contributed by atoms with E-state index in [1.165, 1.54) is 38.5 Å². The second kappa shape index (κ2) is 6.85. The third kappa shape index (κ3) is 3.22. The molecule has 6 nitrogen and oxygen atoms in total. The molecule has 4 bridgehead atoms. The summed E-state index contributed by atoms with van der Waals surface area (Å²) in [4.78, 5) is 16.7. The third-order valence-corrected chi connectivity index (χ3v) is 7.43. The highest BCUT2D eigenvalue weighted by molar-refractivity contribution is 5.96. The summed E-state index contributed by atoms with van der Waals surface area (Å²) in [6, 6.07) is 3.58. The second-order valence-corrected chi connectivity index (χ2v) is 9.57. The highest BCUT2D eigenvalue weighted by Gasteiger charge is 2.51. The standard InChI is InChI=1S/C23H30N4O2/c1-3-29-22(28)21-18(4-5-20(24)26-21)19-12-25-27(14(19)2)13-23-9-15-6-16(10-23)8-17(7-15)11-23/h4-5,12,15-17H,3,6-11,13H2,1-2H3,(H2,24,26). The van der Waals surface area contributed by atoms with Crippen molar-refractivity contribution in [3.63, 3.8) is 0 Å². The van der Waals surface area contributed by atoms with Crippen molar-refractivity contribution in [2.24, 2.45) is 23.2 Å². The van der Waals surface area contributed by atoms with E-state index in [9.17, 15) is 4.79 Å². The van der Waals surface area contributed by atoms with Gasteiger partial charge in [0.2, 0.25) is 0 Å². The average molecular weight is 395 g/mol. The summed E-state index contributed by atoms with van der Waals surface area (Å²) >= 11 is 0. The summed E-state index contributed by atoms with van der Waals surface area (Å²) in [6.07, 6.45) is 10.3. The average Bonchev–Trinajstić information content (AvgIpc) is 3.00. The molecule has 6 heteroatoms. The quantitative estimate of drug-likeness (QED) is 0.768. The van der Waals surface area contributed by atoms with Crippen LogP contribution >= 0.6 is 0 Å². The van der Waals surface area contributed by atoms with Crippen LogP contribution < -0.4 is 5.73 Å². The maximum Gasteiger partial charge on any atom is 0.357 e. The number of nitrogens with two attached hydrogens (primary N) is 1. The summed E-state index contributed by atoms with van der Waals surface area (Å²) in [5.74, 6) is 2.65. The SMILES string of the molecule is CCOC(=O)c1nc(N)ccc1-c1cnn(CC23CC4CC(CC(C4)C2)C3)c1C. The van der Waals surface area contributed by atoms with Crippen molar-refractivity contribution in [3.8, 4) is 11.1 Å². The van der Waals surface area contributed by atoms with E-state index in [1.807, 2.05) is 12.3 Å². The van der Waals surface area contributed by atoms with Crippen LogP contribution in [0.1, 0.15) is 61.6 Å². The third-order valence-electron chi connectivity index (χ3n) is 7.43. The van der Waals surface area contributed by atoms with Gasteiger partial charge >= 0.3 is 5.97 Å². The first-order valence-corrected chi connectivity index (χ1v) is 10.9. The molecule has 0 atom stereocenters. The first kappa shape index (κ1) is 18.6. The molecule has 4 fully saturated rings. The zero-order chi connectivity index (χ0) is 20.2. The fraction of sp³-hybridized carbons (Fsp3) is 0.609. The molecule has 154 valence electrons. The summed E-state index contributed by atoms with van der Waals surface area (Å²) in [6.45, 7) is 5.17. The molecular weight excluding hydrogens is 364 g/mol. The predicted molar refractivity (Wildman–Crippen MR) is 111 cm³/mol. The van der Waals surface area contributed by atoms with Gasteiger partial charge in [0.05, 0.1) is 12.8 Å². The molecule has 4 aliphatic rings. The summed E-state index contributed by atoms with van der Waals surface area (Å²) < 4.78 is 7.36. The van der Waals surface area contributed by atoms with Crippen LogP contribution in [-0.4, -0.2) is 27.3 Å². The van der Waals surface area contributed by atoms with E-state index in [1.54, 1.807) is 13.0 Å². The van der Waals surface area contributed by atoms with Gasteiger partial charge in [-0.05, 0) is 87.7 Å². The van der Waals surface area contributed by atoms with E-state index >= 15 is 0 Å². The minimum Gasteiger partial charge on any atom is -0.461 e. The Balaban J connectivity index is 1.46. The number of carbonyl (C=O) groups excluding carboxylic acids is 1. The fourth-order valence-electron chi connectivity index (χ4n) is 6.72. The highest BCUT2D eigenvalue weighted by atomic mass is 16.5. The summed E-state index contributed by atoms with van der Waals surface area (Å²) in [5, 5.41) is 4.74. The van der Waals surface area contributed by atoms with E-state index in [0.29, 0.717) is 17.8 Å². The van der Waals surface area contributed by atoms with Gasteiger partial charge in [-0.15, -0.1) is 0 Å². The summed E-state index contributed by atoms with van der Waals surface area (Å²) in [7, 11) is 0. The maximum atomic E-state index is 12.4. The van der Waals surface area contributed by atoms with E-state index in [0.717, 1.165) is 41.1 Å². The van der Waals surface area contributed by atoms with Gasteiger partial charge in [0.15, 0.2) is 5.69 Å². The number of ether oxygens (including phenoxy) is 1. The Morgan fingerprint density at radius 2 is 1.83 bits per heavy atom. The number of anilines is 1. The fourth-order valence-corrected chi connectivity index (χ4v) is 6.72. The van der Waals surface area contributed by atoms with Crippen LogP contribution in [0.4, 0.5) is 5.82 Å². The molecule has 0 amide bonds. The molecule has 0 unspecified atom stereocenters. The lowest BCUT2D eigenvalue weighted by Gasteiger charge is -2.56. The largest absolute Gasteiger partial charge is 0.461 e. The number of hydrogen-bond donors (Lipinski definition) is 1. The van der Waals surface area contributed by atoms with Gasteiger partial charge in [0.25, 0.3) is 0 Å². The van der Waals surface area contributed by atoms with Crippen molar-refractivity contribution in [1.29, 1.82) is 0 Å². The molecule has 4 saturated carbocycles. The Kier molecular flexibility index (Phi) is 4.41. The molecular formula is C23H30N4O2. The molecule has 2 N–H and O–H groups in total. The lowest BCUT2D eigenvalue weighted by molar-refractivity contribution is -0.0638. The molecule has 0 saturated heterocycles. The van der Waals surface area contributed by atoms with E-state index in [2.05, 4.69) is 16.6 Å². The van der Waals surface area contributed by atoms with Crippen LogP contribution in [0.2, 0.25) is 0 Å². The monoisotopic (exact) mass is 394 g/mol. The van der Waals surface area contributed by atoms with Gasteiger partial charge in [0.1, 0.15) is 5.82 Å². The van der Waals surface area contributed by atoms with Crippen LogP contribution in [-0.2, 0) is 11.3 Å². The van der Waals surface area contributed by atoms with Crippen LogP contribution in [0.15, 0.2) is 18.3 Å². The van der Waals surface area contributed by atoms with Crippen molar-refractivity contribution in [2.75, 3.05) is 12.3 Å². The number of esters is 1. The number of nitrogens with zero attached hydrogens (tertiary/aromatic N) is 3. The Hall–Kier alpha value is -2.37. The Labute approximate surface area is 171 Å². The van der Waals surface area contributed by atoms with Crippen LogP contribution in [0.5, 0.6) is 0 Å². The van der Waals surface area contributed by atoms with Crippen molar-refractivity contribution < 1.29 is 9.53 Å². The molecule has 6 rings (SSSR count). The van der Waals surface area contributed by atoms with Gasteiger partial charge in [-0.2, -0.15) is 5.10 Å². The highest BCUT2D eigenvalue weighted by Crippen LogP contribution is 2.60. The number of carbonyl (C=O) groups is 1. The molecule has 29 heavy (non-hydrogen) atoms. The Morgan fingerprint density at radius 1 is 1.17 bits per heavy atom. The number of rotatable bonds is 5. The zero-order valence-electron chi connectivity index (χ0n) is 17.4. The van der Waals surface area contributed by atoms with E-state index < -0.39 is 5.97 Å². The Morgan fingerprint density at radius 3 is 2.45 bits per heavy atom. The van der Waals surface area contributed by atoms with Crippen LogP contribution in [0.25, 0.3) is 11.1 Å². The Bertz CT molecular complexity index is 913. The molecule has 2 aromatic rings. The van der Waals surface area contributed by atoms with E-state index in [4.69, 9.17) is 15.6 Å². The van der Waals surface area contributed by atoms with Gasteiger partial charge in [0, 0.05) is 23.4 Å². The van der Waals surface area contributed by atoms with Crippen molar-refractivity contribution in [2.45, 2.75) is 58.9 Å². The summed E-state index contributed by atoms with van der Waals surface area (Å²) in [5.41, 5.74) is 9.27. The molecule has 0 spiro atoms. The van der Waals surface area contributed by atoms with Crippen molar-refractivity contribution >= 4 is 11.8 Å². The lowest BCUT2D eigenvalue weighted by atomic mass is 9.49. The minimum atomic E-state index is -0.442. The van der Waals surface area contributed by atoms with E-state index in [-0.39, 0.29) is 5.69 Å². The van der Waals surface area contributed by atoms with Gasteiger partial charge in [-0.1, -0.05) is 0 Å². The van der Waals surface area contributed by atoms with Crippen molar-refractivity contribution in [3.05, 3.63) is 29.7 Å². The zero-order valence-corrected chi connectivity index (χ0v) is 17.4. The second-order valence-electron chi connectivity index (χ2n) is 9.57. The molecule has 2 aromatic heterocycles.